The standard InChI is InChI=1S/C25H22F3N5O24/c26-23(27,28)3-10(38)6(34)1(7(35)11(3)39)17(43)32(57)5-12(40)8(36)2(9(37)13(5)41)21(47,48)19-30-15(33(24(51,52)53)25(54,55)56)4(22(49,50)20(45)46)14-29-16(42)18(44)31(14)19/h34-42,44,47-57H,(H,45,46). The number of phenols is 8. The molecule has 2 aromatic heterocycles. The number of hydroxylamine groups is 1. The van der Waals surface area contributed by atoms with Gasteiger partial charge in [0.1, 0.15) is 22.3 Å². The molecule has 0 unspecified atom stereocenters. The second-order valence-electron chi connectivity index (χ2n) is 11.1. The van der Waals surface area contributed by atoms with Crippen molar-refractivity contribution < 1.29 is 135 Å². The van der Waals surface area contributed by atoms with Gasteiger partial charge in [-0.05, 0) is 0 Å². The number of carboxylic acids is 1. The Morgan fingerprint density at radius 1 is 0.596 bits per heavy atom. The van der Waals surface area contributed by atoms with Crippen molar-refractivity contribution in [1.82, 2.24) is 14.4 Å². The predicted molar refractivity (Wildman–Crippen MR) is 156 cm³/mol. The molecule has 0 fully saturated rings. The van der Waals surface area contributed by atoms with E-state index in [0.29, 0.717) is 0 Å². The van der Waals surface area contributed by atoms with Crippen LogP contribution in [0.15, 0.2) is 0 Å². The number of phenolic OH excluding ortho intramolecular Hbond substituents is 8. The maximum atomic E-state index is 13.3. The van der Waals surface area contributed by atoms with E-state index in [4.69, 9.17) is 0 Å². The van der Waals surface area contributed by atoms with E-state index in [1.165, 1.54) is 0 Å². The number of imidazole rings is 1. The highest BCUT2D eigenvalue weighted by molar-refractivity contribution is 6.11. The van der Waals surface area contributed by atoms with Crippen LogP contribution in [-0.4, -0.2) is 151 Å². The first-order chi connectivity index (χ1) is 25.6. The van der Waals surface area contributed by atoms with Crippen LogP contribution < -0.4 is 9.96 Å². The number of aliphatic carboxylic acids is 1. The number of rotatable bonds is 9. The van der Waals surface area contributed by atoms with Crippen molar-refractivity contribution in [3.8, 4) is 57.8 Å². The fraction of sp³-hybridized carbons (Fsp3) is 0.200. The van der Waals surface area contributed by atoms with Gasteiger partial charge in [0.25, 0.3) is 29.2 Å². The van der Waals surface area contributed by atoms with E-state index in [0.717, 1.165) is 0 Å². The molecule has 0 saturated heterocycles. The average molecular weight is 833 g/mol. The number of carbonyl (C=O) groups is 2. The number of hydrogen-bond acceptors (Lipinski definition) is 26. The fourth-order valence-corrected chi connectivity index (χ4v) is 5.08. The van der Waals surface area contributed by atoms with E-state index in [9.17, 15) is 135 Å². The van der Waals surface area contributed by atoms with Gasteiger partial charge in [-0.15, -0.1) is 0 Å². The topological polar surface area (TPSA) is 516 Å². The van der Waals surface area contributed by atoms with E-state index in [-0.39, 0.29) is 0 Å². The van der Waals surface area contributed by atoms with E-state index >= 15 is 0 Å². The monoisotopic (exact) mass is 833 g/mol. The van der Waals surface area contributed by atoms with Gasteiger partial charge in [-0.1, -0.05) is 0 Å². The number of carboxylic acid groups (broad SMARTS) is 1. The lowest BCUT2D eigenvalue weighted by atomic mass is 9.98. The Morgan fingerprint density at radius 3 is 1.40 bits per heavy atom. The van der Waals surface area contributed by atoms with Crippen molar-refractivity contribution in [2.45, 2.75) is 29.9 Å². The highest BCUT2D eigenvalue weighted by Crippen LogP contribution is 2.57. The highest BCUT2D eigenvalue weighted by Gasteiger charge is 2.54. The van der Waals surface area contributed by atoms with Gasteiger partial charge in [-0.25, -0.2) is 19.1 Å². The van der Waals surface area contributed by atoms with Crippen molar-refractivity contribution >= 4 is 29.0 Å². The zero-order valence-corrected chi connectivity index (χ0v) is 26.5. The van der Waals surface area contributed by atoms with Gasteiger partial charge < -0.3 is 107 Å². The molecule has 0 aliphatic heterocycles. The molecule has 0 saturated carbocycles. The van der Waals surface area contributed by atoms with Crippen LogP contribution in [0.4, 0.5) is 24.7 Å². The molecule has 22 N–H and O–H groups in total. The Labute approximate surface area is 304 Å². The van der Waals surface area contributed by atoms with Gasteiger partial charge in [-0.3, -0.25) is 10.0 Å². The van der Waals surface area contributed by atoms with Gasteiger partial charge >= 0.3 is 24.3 Å². The minimum absolute atomic E-state index is 0.518. The first-order valence-corrected chi connectivity index (χ1v) is 13.8. The maximum absolute atomic E-state index is 13.3. The Bertz CT molecular complexity index is 2290. The molecule has 1 amide bonds. The number of benzene rings is 2. The van der Waals surface area contributed by atoms with Crippen molar-refractivity contribution in [3.05, 3.63) is 28.1 Å². The summed E-state index contributed by atoms with van der Waals surface area (Å²) in [6, 6.07) is 0. The Hall–Kier alpha value is -6.85. The third kappa shape index (κ3) is 6.35. The molecule has 0 radical (unpaired) electrons. The number of aromatic hydroxyl groups is 10. The third-order valence-electron chi connectivity index (χ3n) is 7.49. The van der Waals surface area contributed by atoms with Crippen LogP contribution in [0.5, 0.6) is 57.8 Å². The molecule has 4 rings (SSSR count). The van der Waals surface area contributed by atoms with E-state index in [2.05, 4.69) is 9.97 Å². The number of hydrogen-bond donors (Lipinski definition) is 22. The smallest absolute Gasteiger partial charge is 0.423 e. The number of aliphatic hydroxyl groups is 10. The van der Waals surface area contributed by atoms with Gasteiger partial charge in [-0.2, -0.15) is 23.2 Å². The molecular weight excluding hydrogens is 811 g/mol. The second-order valence-corrected chi connectivity index (χ2v) is 11.1. The number of carbonyl (C=O) groups excluding carboxylic acids is 1. The predicted octanol–water partition coefficient (Wildman–Crippen LogP) is -5.77. The van der Waals surface area contributed by atoms with E-state index in [1.807, 2.05) is 0 Å². The molecule has 0 aliphatic carbocycles. The zero-order chi connectivity index (χ0) is 44.2. The van der Waals surface area contributed by atoms with Gasteiger partial charge in [0.2, 0.25) is 0 Å². The molecule has 29 nitrogen and oxygen atoms in total. The van der Waals surface area contributed by atoms with Crippen molar-refractivity contribution in [3.63, 3.8) is 0 Å². The minimum atomic E-state index is -5.74. The van der Waals surface area contributed by atoms with E-state index in [1.54, 1.807) is 0 Å². The van der Waals surface area contributed by atoms with E-state index < -0.39 is 159 Å². The summed E-state index contributed by atoms with van der Waals surface area (Å²) >= 11 is 0. The van der Waals surface area contributed by atoms with Crippen molar-refractivity contribution in [2.24, 2.45) is 0 Å². The molecule has 2 heterocycles. The van der Waals surface area contributed by atoms with Crippen LogP contribution in [0.25, 0.3) is 5.65 Å². The molecule has 0 spiro atoms. The summed E-state index contributed by atoms with van der Waals surface area (Å²) in [5, 5.41) is 224. The molecule has 0 atom stereocenters. The summed E-state index contributed by atoms with van der Waals surface area (Å²) in [5.41, 5.74) is -13.0. The molecule has 312 valence electrons. The number of fused-ring (bicyclic) bond motifs is 1. The van der Waals surface area contributed by atoms with Crippen molar-refractivity contribution in [1.29, 1.82) is 0 Å². The van der Waals surface area contributed by atoms with Crippen LogP contribution in [0.3, 0.4) is 0 Å². The number of aromatic nitrogens is 3. The maximum Gasteiger partial charge on any atom is 0.423 e. The molecular formula is C25H22F3N5O24. The van der Waals surface area contributed by atoms with Crippen LogP contribution in [0, 0.1) is 0 Å². The number of amides is 1. The number of halogens is 3. The van der Waals surface area contributed by atoms with Gasteiger partial charge in [0, 0.05) is 0 Å². The summed E-state index contributed by atoms with van der Waals surface area (Å²) in [5.74, 6) is -41.8. The van der Waals surface area contributed by atoms with Crippen LogP contribution in [0.1, 0.15) is 32.9 Å². The quantitative estimate of drug-likeness (QED) is 0.0245. The third-order valence-corrected chi connectivity index (χ3v) is 7.49. The van der Waals surface area contributed by atoms with Gasteiger partial charge in [0.05, 0.1) is 0 Å². The Balaban J connectivity index is 2.12. The lowest BCUT2D eigenvalue weighted by Gasteiger charge is -2.38. The molecule has 0 bridgehead atoms. The van der Waals surface area contributed by atoms with Crippen LogP contribution in [-0.2, 0) is 22.5 Å². The summed E-state index contributed by atoms with van der Waals surface area (Å²) in [6.45, 7) is 0. The van der Waals surface area contributed by atoms with Crippen LogP contribution in [0.2, 0.25) is 0 Å². The lowest BCUT2D eigenvalue weighted by molar-refractivity contribution is -0.396. The summed E-state index contributed by atoms with van der Waals surface area (Å²) in [4.78, 5) is 29.3. The first-order valence-electron chi connectivity index (χ1n) is 13.8. The molecule has 0 aliphatic rings. The highest BCUT2D eigenvalue weighted by atomic mass is 19.4. The number of nitrogens with zero attached hydrogens (tertiary/aromatic N) is 5. The van der Waals surface area contributed by atoms with Crippen molar-refractivity contribution in [2.75, 3.05) is 9.96 Å². The second kappa shape index (κ2) is 12.9. The largest absolute Gasteiger partial charge is 0.504 e. The van der Waals surface area contributed by atoms with Gasteiger partial charge in [0.15, 0.2) is 69.0 Å². The minimum Gasteiger partial charge on any atom is -0.504 e. The summed E-state index contributed by atoms with van der Waals surface area (Å²) in [7, 11) is 0. The fourth-order valence-electron chi connectivity index (χ4n) is 5.08. The van der Waals surface area contributed by atoms with Crippen LogP contribution >= 0.6 is 0 Å². The lowest BCUT2D eigenvalue weighted by Crippen LogP contribution is -2.63. The first kappa shape index (κ1) is 42.9. The average Bonchev–Trinajstić information content (AvgIpc) is 3.33. The Morgan fingerprint density at radius 2 is 1.02 bits per heavy atom. The SMILES string of the molecule is O=C(c1c(O)c(O)c(C(F)(F)F)c(O)c1O)N(O)c1c(O)c(O)c(C(O)(O)c2nc(N(C(O)(O)O)C(O)(O)O)c(C(O)(O)C(=O)O)c3nc(O)c(O)n23)c(O)c1O. The molecule has 32 heteroatoms. The summed E-state index contributed by atoms with van der Waals surface area (Å²) < 4.78 is 39.3. The Kier molecular flexibility index (Phi) is 9.67. The molecule has 57 heavy (non-hydrogen) atoms. The molecule has 4 aromatic rings. The zero-order valence-electron chi connectivity index (χ0n) is 26.5. The molecule has 2 aromatic carbocycles. The number of anilines is 2. The number of alkyl halides is 3. The normalized spacial score (nSPS) is 12.9. The summed E-state index contributed by atoms with van der Waals surface area (Å²) in [6.07, 6.45) is -15.7.